The minimum Gasteiger partial charge on any atom is -0.465 e. The van der Waals surface area contributed by atoms with Crippen molar-refractivity contribution in [1.82, 2.24) is 10.6 Å². The van der Waals surface area contributed by atoms with E-state index >= 15 is 0 Å². The van der Waals surface area contributed by atoms with Gasteiger partial charge in [0.15, 0.2) is 0 Å². The molecule has 0 saturated heterocycles. The van der Waals surface area contributed by atoms with E-state index in [4.69, 9.17) is 16.0 Å². The number of hydrogen-bond donors (Lipinski definition) is 2. The highest BCUT2D eigenvalue weighted by atomic mass is 35.5. The second-order valence-corrected chi connectivity index (χ2v) is 6.52. The molecule has 2 amide bonds. The molecule has 6 heteroatoms. The number of aryl methyl sites for hydroxylation is 1. The molecule has 0 aliphatic rings. The molecular formula is C22H19ClN2O3. The summed E-state index contributed by atoms with van der Waals surface area (Å²) in [5.74, 6) is -0.366. The van der Waals surface area contributed by atoms with Crippen molar-refractivity contribution in [1.29, 1.82) is 0 Å². The first kappa shape index (κ1) is 19.5. The summed E-state index contributed by atoms with van der Waals surface area (Å²) in [5.41, 5.74) is 2.16. The Hall–Kier alpha value is -3.31. The number of amides is 2. The lowest BCUT2D eigenvalue weighted by Gasteiger charge is -2.12. The Morgan fingerprint density at radius 1 is 1.04 bits per heavy atom. The first-order chi connectivity index (χ1) is 13.5. The van der Waals surface area contributed by atoms with Crippen molar-refractivity contribution in [3.05, 3.63) is 100 Å². The molecule has 0 bridgehead atoms. The van der Waals surface area contributed by atoms with Crippen molar-refractivity contribution >= 4 is 29.5 Å². The lowest BCUT2D eigenvalue weighted by molar-refractivity contribution is -0.117. The van der Waals surface area contributed by atoms with Crippen molar-refractivity contribution < 1.29 is 14.0 Å². The van der Waals surface area contributed by atoms with Gasteiger partial charge in [0.1, 0.15) is 11.5 Å². The van der Waals surface area contributed by atoms with Gasteiger partial charge >= 0.3 is 0 Å². The van der Waals surface area contributed by atoms with Gasteiger partial charge < -0.3 is 15.1 Å². The number of carbonyl (C=O) groups excluding carboxylic acids is 2. The summed E-state index contributed by atoms with van der Waals surface area (Å²) in [4.78, 5) is 25.4. The zero-order valence-corrected chi connectivity index (χ0v) is 16.0. The summed E-state index contributed by atoms with van der Waals surface area (Å²) >= 11 is 6.13. The van der Waals surface area contributed by atoms with Crippen LogP contribution in [0.3, 0.4) is 0 Å². The Morgan fingerprint density at radius 3 is 2.50 bits per heavy atom. The predicted molar refractivity (Wildman–Crippen MR) is 109 cm³/mol. The van der Waals surface area contributed by atoms with Crippen LogP contribution in [0.1, 0.15) is 27.2 Å². The van der Waals surface area contributed by atoms with E-state index in [2.05, 4.69) is 10.6 Å². The fraction of sp³-hybridized carbons (Fsp3) is 0.0909. The Bertz CT molecular complexity index is 1010. The highest BCUT2D eigenvalue weighted by molar-refractivity contribution is 6.31. The van der Waals surface area contributed by atoms with Crippen LogP contribution in [0.15, 0.2) is 77.0 Å². The highest BCUT2D eigenvalue weighted by Crippen LogP contribution is 2.15. The fourth-order valence-electron chi connectivity index (χ4n) is 2.60. The van der Waals surface area contributed by atoms with Gasteiger partial charge in [-0.3, -0.25) is 9.59 Å². The fourth-order valence-corrected chi connectivity index (χ4v) is 2.81. The molecule has 3 aromatic rings. The SMILES string of the molecule is Cc1ccccc1C(=O)N/C(=C\c1ccco1)C(=O)NCc1ccccc1Cl. The smallest absolute Gasteiger partial charge is 0.268 e. The first-order valence-electron chi connectivity index (χ1n) is 8.68. The molecular weight excluding hydrogens is 376 g/mol. The van der Waals surface area contributed by atoms with Crippen molar-refractivity contribution in [2.24, 2.45) is 0 Å². The van der Waals surface area contributed by atoms with Crippen LogP contribution >= 0.6 is 11.6 Å². The topological polar surface area (TPSA) is 71.3 Å². The number of nitrogens with one attached hydrogen (secondary N) is 2. The Labute approximate surface area is 168 Å². The Kier molecular flexibility index (Phi) is 6.29. The van der Waals surface area contributed by atoms with Crippen molar-refractivity contribution in [2.75, 3.05) is 0 Å². The molecule has 0 fully saturated rings. The van der Waals surface area contributed by atoms with Gasteiger partial charge in [-0.15, -0.1) is 0 Å². The molecule has 2 aromatic carbocycles. The second-order valence-electron chi connectivity index (χ2n) is 6.12. The summed E-state index contributed by atoms with van der Waals surface area (Å²) in [6.45, 7) is 2.07. The third-order valence-corrected chi connectivity index (χ3v) is 4.48. The quantitative estimate of drug-likeness (QED) is 0.611. The highest BCUT2D eigenvalue weighted by Gasteiger charge is 2.16. The van der Waals surface area contributed by atoms with E-state index in [-0.39, 0.29) is 18.1 Å². The lowest BCUT2D eigenvalue weighted by atomic mass is 10.1. The number of halogens is 1. The van der Waals surface area contributed by atoms with Crippen LogP contribution in [0.5, 0.6) is 0 Å². The summed E-state index contributed by atoms with van der Waals surface area (Å²) in [6.07, 6.45) is 2.98. The second kappa shape index (κ2) is 9.06. The van der Waals surface area contributed by atoms with E-state index in [0.717, 1.165) is 11.1 Å². The molecule has 0 unspecified atom stereocenters. The zero-order valence-electron chi connectivity index (χ0n) is 15.2. The number of benzene rings is 2. The number of furan rings is 1. The van der Waals surface area contributed by atoms with Crippen LogP contribution in [0.2, 0.25) is 5.02 Å². The first-order valence-corrected chi connectivity index (χ1v) is 9.06. The molecule has 2 N–H and O–H groups in total. The van der Waals surface area contributed by atoms with Crippen molar-refractivity contribution in [3.8, 4) is 0 Å². The maximum Gasteiger partial charge on any atom is 0.268 e. The molecule has 1 heterocycles. The summed E-state index contributed by atoms with van der Waals surface area (Å²) in [7, 11) is 0. The zero-order chi connectivity index (χ0) is 19.9. The Morgan fingerprint density at radius 2 is 1.79 bits per heavy atom. The summed E-state index contributed by atoms with van der Waals surface area (Å²) in [6, 6.07) is 17.8. The van der Waals surface area contributed by atoms with E-state index in [1.165, 1.54) is 12.3 Å². The van der Waals surface area contributed by atoms with Crippen LogP contribution in [-0.2, 0) is 11.3 Å². The molecule has 5 nitrogen and oxygen atoms in total. The van der Waals surface area contributed by atoms with Crippen LogP contribution in [-0.4, -0.2) is 11.8 Å². The van der Waals surface area contributed by atoms with E-state index in [1.54, 1.807) is 30.3 Å². The largest absolute Gasteiger partial charge is 0.465 e. The van der Waals surface area contributed by atoms with E-state index in [1.807, 2.05) is 37.3 Å². The molecule has 0 aliphatic carbocycles. The van der Waals surface area contributed by atoms with Gasteiger partial charge in [-0.05, 0) is 42.3 Å². The van der Waals surface area contributed by atoms with Crippen LogP contribution in [0.4, 0.5) is 0 Å². The predicted octanol–water partition coefficient (Wildman–Crippen LogP) is 4.33. The number of rotatable bonds is 6. The molecule has 0 atom stereocenters. The summed E-state index contributed by atoms with van der Waals surface area (Å²) in [5, 5.41) is 6.01. The standard InChI is InChI=1S/C22H19ClN2O3/c1-15-7-2-4-10-18(15)21(26)25-20(13-17-9-6-12-28-17)22(27)24-14-16-8-3-5-11-19(16)23/h2-13H,14H2,1H3,(H,24,27)(H,25,26)/b20-13-. The molecule has 28 heavy (non-hydrogen) atoms. The van der Waals surface area contributed by atoms with Crippen molar-refractivity contribution in [2.45, 2.75) is 13.5 Å². The Balaban J connectivity index is 1.79. The molecule has 0 aliphatic heterocycles. The maximum atomic E-state index is 12.7. The normalized spacial score (nSPS) is 11.1. The maximum absolute atomic E-state index is 12.7. The average Bonchev–Trinajstić information content (AvgIpc) is 3.20. The monoisotopic (exact) mass is 394 g/mol. The minimum absolute atomic E-state index is 0.0789. The molecule has 0 radical (unpaired) electrons. The third-order valence-electron chi connectivity index (χ3n) is 4.11. The third kappa shape index (κ3) is 4.90. The van der Waals surface area contributed by atoms with Crippen LogP contribution in [0, 0.1) is 6.92 Å². The summed E-state index contributed by atoms with van der Waals surface area (Å²) < 4.78 is 5.28. The van der Waals surface area contributed by atoms with Crippen LogP contribution in [0.25, 0.3) is 6.08 Å². The average molecular weight is 395 g/mol. The van der Waals surface area contributed by atoms with Crippen LogP contribution < -0.4 is 10.6 Å². The van der Waals surface area contributed by atoms with Gasteiger partial charge in [0.05, 0.1) is 6.26 Å². The number of hydrogen-bond acceptors (Lipinski definition) is 3. The molecule has 1 aromatic heterocycles. The van der Waals surface area contributed by atoms with E-state index in [9.17, 15) is 9.59 Å². The molecule has 0 spiro atoms. The van der Waals surface area contributed by atoms with Crippen molar-refractivity contribution in [3.63, 3.8) is 0 Å². The van der Waals surface area contributed by atoms with E-state index < -0.39 is 5.91 Å². The lowest BCUT2D eigenvalue weighted by Crippen LogP contribution is -2.34. The number of carbonyl (C=O) groups is 2. The molecule has 3 rings (SSSR count). The van der Waals surface area contributed by atoms with Gasteiger partial charge in [-0.25, -0.2) is 0 Å². The molecule has 0 saturated carbocycles. The molecule has 142 valence electrons. The van der Waals surface area contributed by atoms with Gasteiger partial charge in [0, 0.05) is 23.2 Å². The van der Waals surface area contributed by atoms with Gasteiger partial charge in [0.2, 0.25) is 0 Å². The van der Waals surface area contributed by atoms with Gasteiger partial charge in [-0.1, -0.05) is 48.0 Å². The van der Waals surface area contributed by atoms with Gasteiger partial charge in [-0.2, -0.15) is 0 Å². The van der Waals surface area contributed by atoms with Gasteiger partial charge in [0.25, 0.3) is 11.8 Å². The van der Waals surface area contributed by atoms with E-state index in [0.29, 0.717) is 16.3 Å². The minimum atomic E-state index is -0.446.